The number of hydrogen-bond acceptors (Lipinski definition) is 4. The van der Waals surface area contributed by atoms with Crippen LogP contribution in [-0.2, 0) is 0 Å². The maximum Gasteiger partial charge on any atom is 0.139 e. The number of fused-ring (bicyclic) bond motifs is 1. The number of furan rings is 1. The Hall–Kier alpha value is -1.55. The molecule has 4 heteroatoms. The molecule has 0 saturated carbocycles. The highest BCUT2D eigenvalue weighted by atomic mass is 16.3. The first kappa shape index (κ1) is 11.5. The van der Waals surface area contributed by atoms with Gasteiger partial charge in [0.15, 0.2) is 0 Å². The number of pyridine rings is 1. The molecule has 1 aliphatic heterocycles. The van der Waals surface area contributed by atoms with Crippen LogP contribution in [0, 0.1) is 5.92 Å². The quantitative estimate of drug-likeness (QED) is 0.884. The number of hydrogen-bond donors (Lipinski definition) is 1. The van der Waals surface area contributed by atoms with E-state index in [1.807, 2.05) is 19.1 Å². The number of rotatable bonds is 2. The first-order chi connectivity index (χ1) is 8.75. The monoisotopic (exact) mass is 246 g/mol. The molecule has 18 heavy (non-hydrogen) atoms. The fourth-order valence-corrected chi connectivity index (χ4v) is 2.73. The van der Waals surface area contributed by atoms with Crippen LogP contribution in [0.2, 0.25) is 0 Å². The summed E-state index contributed by atoms with van der Waals surface area (Å²) in [5.41, 5.74) is 0.887. The van der Waals surface area contributed by atoms with Gasteiger partial charge in [0.05, 0.1) is 17.8 Å². The summed E-state index contributed by atoms with van der Waals surface area (Å²) >= 11 is 0. The van der Waals surface area contributed by atoms with E-state index in [1.54, 1.807) is 12.5 Å². The van der Waals surface area contributed by atoms with Crippen molar-refractivity contribution in [1.29, 1.82) is 0 Å². The highest BCUT2D eigenvalue weighted by Gasteiger charge is 2.24. The van der Waals surface area contributed by atoms with Gasteiger partial charge in [-0.05, 0) is 37.8 Å². The Kier molecular flexibility index (Phi) is 2.96. The third kappa shape index (κ3) is 1.97. The molecule has 3 rings (SSSR count). The molecule has 96 valence electrons. The molecule has 0 spiro atoms. The first-order valence-electron chi connectivity index (χ1n) is 6.51. The van der Waals surface area contributed by atoms with E-state index in [9.17, 15) is 5.11 Å². The Balaban J connectivity index is 1.82. The van der Waals surface area contributed by atoms with Crippen molar-refractivity contribution in [2.45, 2.75) is 25.9 Å². The van der Waals surface area contributed by atoms with Crippen LogP contribution in [0.4, 0.5) is 5.82 Å². The van der Waals surface area contributed by atoms with Gasteiger partial charge in [-0.15, -0.1) is 0 Å². The molecule has 0 aliphatic carbocycles. The molecule has 1 fully saturated rings. The van der Waals surface area contributed by atoms with Crippen molar-refractivity contribution in [3.05, 3.63) is 24.6 Å². The van der Waals surface area contributed by atoms with Gasteiger partial charge in [0.2, 0.25) is 0 Å². The molecule has 0 aromatic carbocycles. The van der Waals surface area contributed by atoms with E-state index in [0.717, 1.165) is 42.7 Å². The number of aliphatic hydroxyl groups is 1. The molecule has 0 amide bonds. The standard InChI is InChI=1S/C14H18N2O2/c1-10(17)11-3-7-16(8-4-11)14-12-5-9-18-13(12)2-6-15-14/h2,5-6,9-11,17H,3-4,7-8H2,1H3. The van der Waals surface area contributed by atoms with Gasteiger partial charge in [-0.2, -0.15) is 0 Å². The summed E-state index contributed by atoms with van der Waals surface area (Å²) < 4.78 is 5.40. The zero-order chi connectivity index (χ0) is 12.5. The van der Waals surface area contributed by atoms with E-state index < -0.39 is 0 Å². The van der Waals surface area contributed by atoms with E-state index in [1.165, 1.54) is 0 Å². The predicted molar refractivity (Wildman–Crippen MR) is 70.6 cm³/mol. The number of aliphatic hydroxyl groups excluding tert-OH is 1. The molecule has 4 nitrogen and oxygen atoms in total. The highest BCUT2D eigenvalue weighted by Crippen LogP contribution is 2.29. The Labute approximate surface area is 106 Å². The minimum atomic E-state index is -0.204. The highest BCUT2D eigenvalue weighted by molar-refractivity contribution is 5.88. The fraction of sp³-hybridized carbons (Fsp3) is 0.500. The molecule has 3 heterocycles. The van der Waals surface area contributed by atoms with Crippen molar-refractivity contribution in [3.63, 3.8) is 0 Å². The molecule has 2 aromatic rings. The van der Waals surface area contributed by atoms with Gasteiger partial charge in [-0.1, -0.05) is 0 Å². The topological polar surface area (TPSA) is 49.5 Å². The zero-order valence-corrected chi connectivity index (χ0v) is 10.5. The van der Waals surface area contributed by atoms with Crippen LogP contribution in [-0.4, -0.2) is 29.3 Å². The van der Waals surface area contributed by atoms with Crippen LogP contribution in [0.1, 0.15) is 19.8 Å². The van der Waals surface area contributed by atoms with Crippen LogP contribution < -0.4 is 4.90 Å². The Bertz CT molecular complexity index is 527. The molecular weight excluding hydrogens is 228 g/mol. The minimum absolute atomic E-state index is 0.204. The van der Waals surface area contributed by atoms with E-state index >= 15 is 0 Å². The third-order valence-corrected chi connectivity index (χ3v) is 3.88. The lowest BCUT2D eigenvalue weighted by Crippen LogP contribution is -2.37. The van der Waals surface area contributed by atoms with Crippen LogP contribution in [0.15, 0.2) is 29.0 Å². The minimum Gasteiger partial charge on any atom is -0.464 e. The van der Waals surface area contributed by atoms with Gasteiger partial charge in [0.1, 0.15) is 11.4 Å². The third-order valence-electron chi connectivity index (χ3n) is 3.88. The molecule has 2 aromatic heterocycles. The van der Waals surface area contributed by atoms with Gasteiger partial charge in [0, 0.05) is 19.3 Å². The molecule has 1 unspecified atom stereocenters. The first-order valence-corrected chi connectivity index (χ1v) is 6.51. The maximum atomic E-state index is 9.62. The summed E-state index contributed by atoms with van der Waals surface area (Å²) in [6, 6.07) is 3.86. The number of aromatic nitrogens is 1. The zero-order valence-electron chi connectivity index (χ0n) is 10.5. The Morgan fingerprint density at radius 2 is 2.17 bits per heavy atom. The molecule has 1 saturated heterocycles. The van der Waals surface area contributed by atoms with E-state index in [2.05, 4.69) is 9.88 Å². The summed E-state index contributed by atoms with van der Waals surface area (Å²) in [5, 5.41) is 10.7. The van der Waals surface area contributed by atoms with E-state index in [0.29, 0.717) is 5.92 Å². The second-order valence-corrected chi connectivity index (χ2v) is 5.03. The molecular formula is C14H18N2O2. The number of anilines is 1. The summed E-state index contributed by atoms with van der Waals surface area (Å²) in [5.74, 6) is 1.43. The summed E-state index contributed by atoms with van der Waals surface area (Å²) in [4.78, 5) is 6.76. The van der Waals surface area contributed by atoms with Gasteiger partial charge in [-0.3, -0.25) is 0 Å². The van der Waals surface area contributed by atoms with Crippen molar-refractivity contribution >= 4 is 16.8 Å². The lowest BCUT2D eigenvalue weighted by atomic mass is 9.92. The van der Waals surface area contributed by atoms with E-state index in [-0.39, 0.29) is 6.10 Å². The molecule has 1 atom stereocenters. The predicted octanol–water partition coefficient (Wildman–Crippen LogP) is 2.43. The van der Waals surface area contributed by atoms with Gasteiger partial charge >= 0.3 is 0 Å². The Morgan fingerprint density at radius 3 is 2.89 bits per heavy atom. The lowest BCUT2D eigenvalue weighted by molar-refractivity contribution is 0.110. The normalized spacial score (nSPS) is 19.3. The molecule has 0 bridgehead atoms. The van der Waals surface area contributed by atoms with Crippen molar-refractivity contribution in [2.24, 2.45) is 5.92 Å². The van der Waals surface area contributed by atoms with Crippen LogP contribution >= 0.6 is 0 Å². The number of piperidine rings is 1. The molecule has 1 N–H and O–H groups in total. The summed E-state index contributed by atoms with van der Waals surface area (Å²) in [7, 11) is 0. The largest absolute Gasteiger partial charge is 0.464 e. The smallest absolute Gasteiger partial charge is 0.139 e. The average Bonchev–Trinajstić information content (AvgIpc) is 2.87. The maximum absolute atomic E-state index is 9.62. The second-order valence-electron chi connectivity index (χ2n) is 5.03. The van der Waals surface area contributed by atoms with Gasteiger partial charge < -0.3 is 14.4 Å². The lowest BCUT2D eigenvalue weighted by Gasteiger charge is -2.34. The van der Waals surface area contributed by atoms with E-state index in [4.69, 9.17) is 4.42 Å². The fourth-order valence-electron chi connectivity index (χ4n) is 2.73. The SMILES string of the molecule is CC(O)C1CCN(c2nccc3occc23)CC1. The van der Waals surface area contributed by atoms with Crippen LogP contribution in [0.25, 0.3) is 11.0 Å². The van der Waals surface area contributed by atoms with Crippen molar-refractivity contribution in [1.82, 2.24) is 4.98 Å². The average molecular weight is 246 g/mol. The summed E-state index contributed by atoms with van der Waals surface area (Å²) in [6.07, 6.45) is 5.34. The molecule has 0 radical (unpaired) electrons. The number of nitrogens with zero attached hydrogens (tertiary/aromatic N) is 2. The van der Waals surface area contributed by atoms with Crippen LogP contribution in [0.5, 0.6) is 0 Å². The van der Waals surface area contributed by atoms with Gasteiger partial charge in [-0.25, -0.2) is 4.98 Å². The van der Waals surface area contributed by atoms with Crippen molar-refractivity contribution < 1.29 is 9.52 Å². The van der Waals surface area contributed by atoms with Gasteiger partial charge in [0.25, 0.3) is 0 Å². The van der Waals surface area contributed by atoms with Crippen molar-refractivity contribution in [2.75, 3.05) is 18.0 Å². The Morgan fingerprint density at radius 1 is 1.39 bits per heavy atom. The van der Waals surface area contributed by atoms with Crippen LogP contribution in [0.3, 0.4) is 0 Å². The summed E-state index contributed by atoms with van der Waals surface area (Å²) in [6.45, 7) is 3.79. The van der Waals surface area contributed by atoms with Crippen molar-refractivity contribution in [3.8, 4) is 0 Å². The second kappa shape index (κ2) is 4.61. The molecule has 1 aliphatic rings.